The highest BCUT2D eigenvalue weighted by Gasteiger charge is 2.38. The van der Waals surface area contributed by atoms with Crippen LogP contribution < -0.4 is 10.7 Å². The van der Waals surface area contributed by atoms with Crippen LogP contribution in [0.5, 0.6) is 0 Å². The maximum atomic E-state index is 13.1. The number of aromatic nitrogens is 1. The number of nitrogens with zero attached hydrogens (tertiary/aromatic N) is 2. The molecule has 0 bridgehead atoms. The fourth-order valence-electron chi connectivity index (χ4n) is 3.45. The lowest BCUT2D eigenvalue weighted by atomic mass is 9.95. The van der Waals surface area contributed by atoms with E-state index in [-0.39, 0.29) is 11.7 Å². The number of thiocarbonyl (C=S) groups is 1. The van der Waals surface area contributed by atoms with Gasteiger partial charge in [0, 0.05) is 11.3 Å². The van der Waals surface area contributed by atoms with Crippen molar-refractivity contribution in [3.63, 3.8) is 0 Å². The zero-order valence-corrected chi connectivity index (χ0v) is 17.7. The lowest BCUT2D eigenvalue weighted by Crippen LogP contribution is -2.56. The van der Waals surface area contributed by atoms with Gasteiger partial charge < -0.3 is 14.5 Å². The molecule has 31 heavy (non-hydrogen) atoms. The first kappa shape index (κ1) is 20.5. The van der Waals surface area contributed by atoms with E-state index in [1.54, 1.807) is 32.0 Å². The maximum Gasteiger partial charge on any atom is 0.338 e. The minimum atomic E-state index is -0.659. The number of benzene rings is 2. The van der Waals surface area contributed by atoms with Crippen molar-refractivity contribution in [3.8, 4) is 0 Å². The summed E-state index contributed by atoms with van der Waals surface area (Å²) in [4.78, 5) is 29.9. The van der Waals surface area contributed by atoms with Crippen LogP contribution in [0, 0.1) is 0 Å². The van der Waals surface area contributed by atoms with E-state index in [0.717, 1.165) is 5.56 Å². The van der Waals surface area contributed by atoms with E-state index in [2.05, 4.69) is 15.7 Å². The molecule has 1 aliphatic rings. The molecule has 1 aromatic heterocycles. The average Bonchev–Trinajstić information content (AvgIpc) is 3.23. The number of rotatable bonds is 5. The number of amides is 1. The molecule has 2 aromatic carbocycles. The number of hydrogen-bond acceptors (Lipinski definition) is 6. The van der Waals surface area contributed by atoms with Crippen LogP contribution in [0.3, 0.4) is 0 Å². The Hall–Kier alpha value is -3.72. The lowest BCUT2D eigenvalue weighted by Gasteiger charge is -2.39. The first-order chi connectivity index (χ1) is 15.0. The molecular formula is C22H20N4O4S. The Kier molecular flexibility index (Phi) is 5.68. The van der Waals surface area contributed by atoms with Crippen LogP contribution in [0.4, 0.5) is 0 Å². The molecule has 3 aromatic rings. The molecule has 9 heteroatoms. The van der Waals surface area contributed by atoms with Gasteiger partial charge in [0.1, 0.15) is 11.6 Å². The van der Waals surface area contributed by atoms with Gasteiger partial charge in [0.05, 0.1) is 12.2 Å². The van der Waals surface area contributed by atoms with Gasteiger partial charge in [0.15, 0.2) is 17.1 Å². The first-order valence-electron chi connectivity index (χ1n) is 9.67. The Balaban J connectivity index is 1.72. The van der Waals surface area contributed by atoms with E-state index in [9.17, 15) is 9.59 Å². The predicted octanol–water partition coefficient (Wildman–Crippen LogP) is 3.24. The molecule has 1 aliphatic heterocycles. The van der Waals surface area contributed by atoms with Crippen LogP contribution in [0.25, 0.3) is 11.1 Å². The summed E-state index contributed by atoms with van der Waals surface area (Å²) in [6.07, 6.45) is 1.32. The normalized spacial score (nSPS) is 16.3. The molecule has 2 heterocycles. The summed E-state index contributed by atoms with van der Waals surface area (Å²) in [5, 5.41) is 4.73. The number of oxazole rings is 1. The van der Waals surface area contributed by atoms with Crippen molar-refractivity contribution in [2.45, 2.75) is 19.9 Å². The molecule has 1 amide bonds. The Morgan fingerprint density at radius 3 is 2.77 bits per heavy atom. The maximum absolute atomic E-state index is 13.1. The molecule has 0 saturated carbocycles. The smallest absolute Gasteiger partial charge is 0.338 e. The van der Waals surface area contributed by atoms with Crippen molar-refractivity contribution >= 4 is 40.3 Å². The van der Waals surface area contributed by atoms with Crippen molar-refractivity contribution in [1.29, 1.82) is 0 Å². The lowest BCUT2D eigenvalue weighted by molar-refractivity contribution is -0.139. The second-order valence-corrected chi connectivity index (χ2v) is 7.24. The van der Waals surface area contributed by atoms with Crippen molar-refractivity contribution < 1.29 is 18.7 Å². The van der Waals surface area contributed by atoms with Crippen molar-refractivity contribution in [2.24, 2.45) is 0 Å². The number of nitrogens with one attached hydrogen (secondary N) is 2. The average molecular weight is 436 g/mol. The Labute approximate surface area is 183 Å². The fraction of sp³-hybridized carbons (Fsp3) is 0.182. The molecule has 4 rings (SSSR count). The van der Waals surface area contributed by atoms with Crippen LogP contribution >= 0.6 is 12.2 Å². The predicted molar refractivity (Wildman–Crippen MR) is 118 cm³/mol. The van der Waals surface area contributed by atoms with Gasteiger partial charge in [-0.2, -0.15) is 0 Å². The highest BCUT2D eigenvalue weighted by molar-refractivity contribution is 7.80. The van der Waals surface area contributed by atoms with E-state index in [4.69, 9.17) is 21.4 Å². The molecule has 0 radical (unpaired) electrons. The monoisotopic (exact) mass is 436 g/mol. The van der Waals surface area contributed by atoms with Crippen LogP contribution in [0.15, 0.2) is 70.6 Å². The molecule has 0 aliphatic carbocycles. The summed E-state index contributed by atoms with van der Waals surface area (Å²) in [5.74, 6) is -0.884. The summed E-state index contributed by atoms with van der Waals surface area (Å²) in [7, 11) is 0. The number of hydrogen-bond donors (Lipinski definition) is 2. The molecule has 8 nitrogen and oxygen atoms in total. The topological polar surface area (TPSA) is 96.7 Å². The fourth-order valence-corrected chi connectivity index (χ4v) is 3.76. The molecule has 0 spiro atoms. The minimum Gasteiger partial charge on any atom is -0.463 e. The highest BCUT2D eigenvalue weighted by atomic mass is 32.1. The van der Waals surface area contributed by atoms with E-state index >= 15 is 0 Å². The van der Waals surface area contributed by atoms with Crippen molar-refractivity contribution in [2.75, 3.05) is 6.61 Å². The van der Waals surface area contributed by atoms with Gasteiger partial charge >= 0.3 is 5.97 Å². The zero-order valence-electron chi connectivity index (χ0n) is 16.9. The van der Waals surface area contributed by atoms with Gasteiger partial charge in [-0.05, 0) is 49.8 Å². The summed E-state index contributed by atoms with van der Waals surface area (Å²) < 4.78 is 10.5. The number of allylic oxidation sites excluding steroid dienone is 1. The van der Waals surface area contributed by atoms with Crippen LogP contribution in [-0.4, -0.2) is 33.6 Å². The molecule has 2 N–H and O–H groups in total. The van der Waals surface area contributed by atoms with Crippen molar-refractivity contribution in [1.82, 2.24) is 20.7 Å². The van der Waals surface area contributed by atoms with E-state index in [0.29, 0.717) is 27.9 Å². The summed E-state index contributed by atoms with van der Waals surface area (Å²) in [5.41, 5.74) is 6.07. The quantitative estimate of drug-likeness (QED) is 0.465. The third kappa shape index (κ3) is 3.99. The van der Waals surface area contributed by atoms with Crippen molar-refractivity contribution in [3.05, 3.63) is 77.3 Å². The molecular weight excluding hydrogens is 416 g/mol. The molecule has 0 fully saturated rings. The van der Waals surface area contributed by atoms with Crippen LogP contribution in [0.1, 0.15) is 35.8 Å². The molecule has 1 unspecified atom stereocenters. The second-order valence-electron chi connectivity index (χ2n) is 6.85. The van der Waals surface area contributed by atoms with Gasteiger partial charge in [0.25, 0.3) is 5.91 Å². The van der Waals surface area contributed by atoms with Crippen LogP contribution in [0.2, 0.25) is 0 Å². The molecule has 1 atom stereocenters. The van der Waals surface area contributed by atoms with Gasteiger partial charge in [-0.15, -0.1) is 0 Å². The van der Waals surface area contributed by atoms with Gasteiger partial charge in [-0.3, -0.25) is 10.2 Å². The Bertz CT molecular complexity index is 1190. The Morgan fingerprint density at radius 1 is 1.26 bits per heavy atom. The third-order valence-corrected chi connectivity index (χ3v) is 5.17. The van der Waals surface area contributed by atoms with E-state index in [1.165, 1.54) is 11.4 Å². The standard InChI is InChI=1S/C22H20N4O4S/c1-3-29-21(28)18-13(2)24-22(31)26(19(18)14-7-5-4-6-8-14)25-20(27)15-9-10-17-16(11-15)23-12-30-17/h4-12,19H,3H2,1-2H3,(H,24,31)(H,25,27). The zero-order chi connectivity index (χ0) is 22.0. The van der Waals surface area contributed by atoms with Crippen LogP contribution in [-0.2, 0) is 9.53 Å². The summed E-state index contributed by atoms with van der Waals surface area (Å²) in [6, 6.07) is 13.6. The van der Waals surface area contributed by atoms with Gasteiger partial charge in [-0.25, -0.2) is 14.8 Å². The number of ether oxygens (including phenoxy) is 1. The number of carbonyl (C=O) groups excluding carboxylic acids is 2. The number of esters is 1. The SMILES string of the molecule is CCOC(=O)C1=C(C)NC(=S)N(NC(=O)c2ccc3ocnc3c2)C1c1ccccc1. The van der Waals surface area contributed by atoms with E-state index in [1.807, 2.05) is 30.3 Å². The van der Waals surface area contributed by atoms with Gasteiger partial charge in [0.2, 0.25) is 0 Å². The van der Waals surface area contributed by atoms with Gasteiger partial charge in [-0.1, -0.05) is 30.3 Å². The second kappa shape index (κ2) is 8.57. The third-order valence-electron chi connectivity index (χ3n) is 4.87. The summed E-state index contributed by atoms with van der Waals surface area (Å²) in [6.45, 7) is 3.73. The molecule has 0 saturated heterocycles. The highest BCUT2D eigenvalue weighted by Crippen LogP contribution is 2.33. The largest absolute Gasteiger partial charge is 0.463 e. The molecule has 158 valence electrons. The minimum absolute atomic E-state index is 0.228. The van der Waals surface area contributed by atoms with E-state index < -0.39 is 17.9 Å². The number of carbonyl (C=O) groups is 2. The Morgan fingerprint density at radius 2 is 2.03 bits per heavy atom. The number of hydrazine groups is 1. The first-order valence-corrected chi connectivity index (χ1v) is 10.1. The number of fused-ring (bicyclic) bond motifs is 1. The summed E-state index contributed by atoms with van der Waals surface area (Å²) >= 11 is 5.50.